The summed E-state index contributed by atoms with van der Waals surface area (Å²) in [6.45, 7) is 1.85. The SMILES string of the molecule is COC(=O)C1=C(C)NC2=C(C(=O)C[C@@H](c3ccc(Cl)cc3)C2)[C@@H]1c1ccc(OC)cc1. The van der Waals surface area contributed by atoms with Gasteiger partial charge in [0.1, 0.15) is 5.75 Å². The summed E-state index contributed by atoms with van der Waals surface area (Å²) in [7, 11) is 2.96. The summed E-state index contributed by atoms with van der Waals surface area (Å²) in [5.41, 5.74) is 4.60. The number of carbonyl (C=O) groups is 2. The number of Topliss-reactive ketones (excluding diaryl/α,β-unsaturated/α-hetero) is 1. The van der Waals surface area contributed by atoms with E-state index in [4.69, 9.17) is 21.1 Å². The van der Waals surface area contributed by atoms with E-state index in [9.17, 15) is 9.59 Å². The van der Waals surface area contributed by atoms with Gasteiger partial charge in [-0.15, -0.1) is 0 Å². The minimum Gasteiger partial charge on any atom is -0.497 e. The number of ketones is 1. The van der Waals surface area contributed by atoms with Gasteiger partial charge in [-0.2, -0.15) is 0 Å². The van der Waals surface area contributed by atoms with E-state index in [1.165, 1.54) is 7.11 Å². The standard InChI is InChI=1S/C25H24ClNO4/c1-14-22(25(29)31-3)23(16-6-10-19(30-2)11-7-16)24-20(27-14)12-17(13-21(24)28)15-4-8-18(26)9-5-15/h4-11,17,23,27H,12-13H2,1-3H3/t17-,23+/m0/s1. The van der Waals surface area contributed by atoms with E-state index in [2.05, 4.69) is 5.32 Å². The minimum absolute atomic E-state index is 0.0309. The highest BCUT2D eigenvalue weighted by atomic mass is 35.5. The molecule has 1 heterocycles. The van der Waals surface area contributed by atoms with Crippen LogP contribution in [0.5, 0.6) is 5.75 Å². The van der Waals surface area contributed by atoms with Crippen LogP contribution in [0, 0.1) is 0 Å². The Morgan fingerprint density at radius 1 is 1.00 bits per heavy atom. The normalized spacial score (nSPS) is 20.8. The Balaban J connectivity index is 1.78. The maximum absolute atomic E-state index is 13.4. The molecule has 1 N–H and O–H groups in total. The zero-order chi connectivity index (χ0) is 22.1. The van der Waals surface area contributed by atoms with Crippen molar-refractivity contribution in [1.82, 2.24) is 5.32 Å². The zero-order valence-corrected chi connectivity index (χ0v) is 18.5. The van der Waals surface area contributed by atoms with E-state index in [0.717, 1.165) is 16.8 Å². The Morgan fingerprint density at radius 2 is 1.65 bits per heavy atom. The molecule has 1 aliphatic carbocycles. The number of halogens is 1. The maximum Gasteiger partial charge on any atom is 0.336 e. The second kappa shape index (κ2) is 8.60. The smallest absolute Gasteiger partial charge is 0.336 e. The Morgan fingerprint density at radius 3 is 2.26 bits per heavy atom. The van der Waals surface area contributed by atoms with Crippen LogP contribution in [-0.2, 0) is 14.3 Å². The molecule has 5 nitrogen and oxygen atoms in total. The monoisotopic (exact) mass is 437 g/mol. The van der Waals surface area contributed by atoms with E-state index < -0.39 is 11.9 Å². The summed E-state index contributed by atoms with van der Waals surface area (Å²) in [6, 6.07) is 15.1. The second-order valence-corrected chi connectivity index (χ2v) is 8.27. The lowest BCUT2D eigenvalue weighted by Gasteiger charge is -2.36. The lowest BCUT2D eigenvalue weighted by atomic mass is 9.72. The third-order valence-electron chi connectivity index (χ3n) is 6.02. The first kappa shape index (κ1) is 21.2. The van der Waals surface area contributed by atoms with E-state index in [1.807, 2.05) is 55.5 Å². The number of dihydropyridines is 1. The first-order chi connectivity index (χ1) is 14.9. The molecule has 0 spiro atoms. The minimum atomic E-state index is -0.478. The molecule has 160 valence electrons. The number of rotatable bonds is 4. The first-order valence-electron chi connectivity index (χ1n) is 10.1. The summed E-state index contributed by atoms with van der Waals surface area (Å²) in [5, 5.41) is 4.00. The Hall–Kier alpha value is -3.05. The van der Waals surface area contributed by atoms with E-state index in [1.54, 1.807) is 7.11 Å². The van der Waals surface area contributed by atoms with Crippen molar-refractivity contribution in [3.05, 3.63) is 87.2 Å². The van der Waals surface area contributed by atoms with Gasteiger partial charge in [0.15, 0.2) is 5.78 Å². The fourth-order valence-electron chi connectivity index (χ4n) is 4.52. The highest BCUT2D eigenvalue weighted by Gasteiger charge is 2.41. The first-order valence-corrected chi connectivity index (χ1v) is 10.5. The van der Waals surface area contributed by atoms with Crippen molar-refractivity contribution in [2.75, 3.05) is 14.2 Å². The van der Waals surface area contributed by atoms with Crippen LogP contribution >= 0.6 is 11.6 Å². The molecule has 6 heteroatoms. The fourth-order valence-corrected chi connectivity index (χ4v) is 4.65. The van der Waals surface area contributed by atoms with Gasteiger partial charge in [-0.3, -0.25) is 4.79 Å². The van der Waals surface area contributed by atoms with Crippen LogP contribution in [0.1, 0.15) is 42.7 Å². The Labute approximate surface area is 186 Å². The summed E-state index contributed by atoms with van der Waals surface area (Å²) in [6.07, 6.45) is 1.06. The van der Waals surface area contributed by atoms with Gasteiger partial charge < -0.3 is 14.8 Å². The summed E-state index contributed by atoms with van der Waals surface area (Å²) in [4.78, 5) is 26.1. The molecule has 2 aromatic rings. The van der Waals surface area contributed by atoms with Crippen LogP contribution in [0.25, 0.3) is 0 Å². The zero-order valence-electron chi connectivity index (χ0n) is 17.7. The van der Waals surface area contributed by atoms with Crippen LogP contribution in [0.2, 0.25) is 5.02 Å². The third kappa shape index (κ3) is 3.98. The number of ether oxygens (including phenoxy) is 2. The summed E-state index contributed by atoms with van der Waals surface area (Å²) < 4.78 is 10.3. The quantitative estimate of drug-likeness (QED) is 0.690. The number of hydrogen-bond acceptors (Lipinski definition) is 5. The van der Waals surface area contributed by atoms with Crippen LogP contribution < -0.4 is 10.1 Å². The molecule has 31 heavy (non-hydrogen) atoms. The van der Waals surface area contributed by atoms with Crippen molar-refractivity contribution in [2.45, 2.75) is 31.6 Å². The second-order valence-electron chi connectivity index (χ2n) is 7.83. The Bertz CT molecular complexity index is 1080. The van der Waals surface area contributed by atoms with E-state index in [-0.39, 0.29) is 11.7 Å². The highest BCUT2D eigenvalue weighted by Crippen LogP contribution is 2.45. The summed E-state index contributed by atoms with van der Waals surface area (Å²) in [5.74, 6) is -0.119. The largest absolute Gasteiger partial charge is 0.497 e. The number of allylic oxidation sites excluding steroid dienone is 3. The molecular weight excluding hydrogens is 414 g/mol. The van der Waals surface area contributed by atoms with Gasteiger partial charge in [-0.1, -0.05) is 35.9 Å². The van der Waals surface area contributed by atoms with Gasteiger partial charge in [0.05, 0.1) is 19.8 Å². The van der Waals surface area contributed by atoms with Gasteiger partial charge >= 0.3 is 5.97 Å². The molecule has 0 radical (unpaired) electrons. The number of methoxy groups -OCH3 is 2. The van der Waals surface area contributed by atoms with Crippen LogP contribution in [-0.4, -0.2) is 26.0 Å². The molecule has 0 saturated heterocycles. The van der Waals surface area contributed by atoms with Crippen molar-refractivity contribution in [1.29, 1.82) is 0 Å². The van der Waals surface area contributed by atoms with Crippen molar-refractivity contribution in [3.63, 3.8) is 0 Å². The molecule has 0 bridgehead atoms. The molecular formula is C25H24ClNO4. The molecule has 2 atom stereocenters. The fraction of sp³-hybridized carbons (Fsp3) is 0.280. The molecule has 0 amide bonds. The number of benzene rings is 2. The van der Waals surface area contributed by atoms with Crippen LogP contribution in [0.15, 0.2) is 71.1 Å². The lowest BCUT2D eigenvalue weighted by molar-refractivity contribution is -0.136. The van der Waals surface area contributed by atoms with E-state index in [0.29, 0.717) is 40.5 Å². The highest BCUT2D eigenvalue weighted by molar-refractivity contribution is 6.30. The topological polar surface area (TPSA) is 64.6 Å². The van der Waals surface area contributed by atoms with Gasteiger partial charge in [-0.25, -0.2) is 4.79 Å². The summed E-state index contributed by atoms with van der Waals surface area (Å²) >= 11 is 6.03. The van der Waals surface area contributed by atoms with Gasteiger partial charge in [0.2, 0.25) is 0 Å². The predicted octanol–water partition coefficient (Wildman–Crippen LogP) is 4.88. The molecule has 2 aromatic carbocycles. The molecule has 0 aromatic heterocycles. The van der Waals surface area contributed by atoms with Gasteiger partial charge in [-0.05, 0) is 54.7 Å². The van der Waals surface area contributed by atoms with Gasteiger partial charge in [0, 0.05) is 34.3 Å². The van der Waals surface area contributed by atoms with Crippen molar-refractivity contribution >= 4 is 23.4 Å². The van der Waals surface area contributed by atoms with E-state index >= 15 is 0 Å². The molecule has 4 rings (SSSR count). The number of nitrogens with one attached hydrogen (secondary N) is 1. The molecule has 0 saturated carbocycles. The average molecular weight is 438 g/mol. The number of hydrogen-bond donors (Lipinski definition) is 1. The number of esters is 1. The van der Waals surface area contributed by atoms with Crippen molar-refractivity contribution < 1.29 is 19.1 Å². The number of carbonyl (C=O) groups excluding carboxylic acids is 2. The molecule has 0 unspecified atom stereocenters. The average Bonchev–Trinajstić information content (AvgIpc) is 2.78. The third-order valence-corrected chi connectivity index (χ3v) is 6.28. The molecule has 2 aliphatic rings. The van der Waals surface area contributed by atoms with Crippen LogP contribution in [0.3, 0.4) is 0 Å². The Kier molecular flexibility index (Phi) is 5.88. The predicted molar refractivity (Wildman–Crippen MR) is 119 cm³/mol. The van der Waals surface area contributed by atoms with Crippen molar-refractivity contribution in [2.24, 2.45) is 0 Å². The lowest BCUT2D eigenvalue weighted by Crippen LogP contribution is -2.36. The van der Waals surface area contributed by atoms with Gasteiger partial charge in [0.25, 0.3) is 0 Å². The molecule has 1 aliphatic heterocycles. The molecule has 0 fully saturated rings. The van der Waals surface area contributed by atoms with Crippen molar-refractivity contribution in [3.8, 4) is 5.75 Å². The van der Waals surface area contributed by atoms with Crippen LogP contribution in [0.4, 0.5) is 0 Å². The maximum atomic E-state index is 13.4.